The summed E-state index contributed by atoms with van der Waals surface area (Å²) in [5.41, 5.74) is 3.85. The number of benzene rings is 3. The quantitative estimate of drug-likeness (QED) is 0.354. The van der Waals surface area contributed by atoms with Crippen LogP contribution in [0.2, 0.25) is 5.02 Å². The van der Waals surface area contributed by atoms with Gasteiger partial charge in [-0.2, -0.15) is 0 Å². The van der Waals surface area contributed by atoms with Crippen molar-refractivity contribution >= 4 is 40.2 Å². The lowest BCUT2D eigenvalue weighted by Gasteiger charge is -2.09. The summed E-state index contributed by atoms with van der Waals surface area (Å²) >= 11 is 6.03. The van der Waals surface area contributed by atoms with Crippen molar-refractivity contribution in [2.75, 3.05) is 0 Å². The highest BCUT2D eigenvalue weighted by molar-refractivity contribution is 6.31. The molecule has 126 valence electrons. The highest BCUT2D eigenvalue weighted by Gasteiger charge is 2.17. The molecule has 0 N–H and O–H groups in total. The Bertz CT molecular complexity index is 1100. The van der Waals surface area contributed by atoms with Crippen LogP contribution in [0.4, 0.5) is 0 Å². The van der Waals surface area contributed by atoms with Gasteiger partial charge in [0.25, 0.3) is 5.91 Å². The number of hydrogen-bond donors (Lipinski definition) is 0. The maximum Gasteiger partial charge on any atom is 0.264 e. The van der Waals surface area contributed by atoms with Crippen LogP contribution in [0.1, 0.15) is 15.9 Å². The molecule has 0 saturated heterocycles. The molecule has 0 radical (unpaired) electrons. The van der Waals surface area contributed by atoms with Crippen molar-refractivity contribution in [3.8, 4) is 0 Å². The van der Waals surface area contributed by atoms with Gasteiger partial charge in [0, 0.05) is 10.6 Å². The van der Waals surface area contributed by atoms with Gasteiger partial charge in [-0.05, 0) is 35.4 Å². The van der Waals surface area contributed by atoms with Crippen molar-refractivity contribution in [1.29, 1.82) is 0 Å². The third-order valence-corrected chi connectivity index (χ3v) is 4.39. The smallest absolute Gasteiger partial charge is 0.264 e. The number of carbonyl (C=O) groups is 1. The molecule has 3 aromatic carbocycles. The van der Waals surface area contributed by atoms with E-state index in [-0.39, 0.29) is 5.91 Å². The van der Waals surface area contributed by atoms with Gasteiger partial charge in [0.15, 0.2) is 0 Å². The number of carbonyl (C=O) groups excluding carboxylic acids is 1. The van der Waals surface area contributed by atoms with Gasteiger partial charge in [-0.25, -0.2) is 4.98 Å². The summed E-state index contributed by atoms with van der Waals surface area (Å²) in [4.78, 5) is 17.6. The standard InChI is InChI=1S/C22H15ClN2O/c23-18-11-12-21-20(14-18)24-15-25(21)22(26)19(17-9-5-2-6-10-17)13-16-7-3-1-4-8-16/h1-15H/b19-13+. The largest absolute Gasteiger partial charge is 0.268 e. The molecule has 0 atom stereocenters. The van der Waals surface area contributed by atoms with Crippen molar-refractivity contribution < 1.29 is 4.79 Å². The zero-order valence-electron chi connectivity index (χ0n) is 13.8. The van der Waals surface area contributed by atoms with Crippen LogP contribution in [0.3, 0.4) is 0 Å². The molecule has 0 aliphatic carbocycles. The number of hydrogen-bond acceptors (Lipinski definition) is 2. The van der Waals surface area contributed by atoms with Gasteiger partial charge >= 0.3 is 0 Å². The second-order valence-corrected chi connectivity index (χ2v) is 6.32. The lowest BCUT2D eigenvalue weighted by molar-refractivity contribution is 0.0985. The normalized spacial score (nSPS) is 11.7. The summed E-state index contributed by atoms with van der Waals surface area (Å²) in [6, 6.07) is 24.8. The second-order valence-electron chi connectivity index (χ2n) is 5.89. The van der Waals surface area contributed by atoms with E-state index in [4.69, 9.17) is 11.6 Å². The van der Waals surface area contributed by atoms with Gasteiger partial charge in [-0.3, -0.25) is 9.36 Å². The highest BCUT2D eigenvalue weighted by Crippen LogP contribution is 2.24. The number of allylic oxidation sites excluding steroid dienone is 1. The number of imidazole rings is 1. The maximum atomic E-state index is 13.3. The number of nitrogens with zero attached hydrogens (tertiary/aromatic N) is 2. The summed E-state index contributed by atoms with van der Waals surface area (Å²) in [5.74, 6) is -0.134. The van der Waals surface area contributed by atoms with E-state index >= 15 is 0 Å². The fourth-order valence-corrected chi connectivity index (χ4v) is 3.05. The highest BCUT2D eigenvalue weighted by atomic mass is 35.5. The molecule has 0 unspecified atom stereocenters. The number of fused-ring (bicyclic) bond motifs is 1. The topological polar surface area (TPSA) is 34.9 Å². The molecule has 4 heteroatoms. The van der Waals surface area contributed by atoms with Gasteiger partial charge in [0.05, 0.1) is 11.0 Å². The Labute approximate surface area is 156 Å². The van der Waals surface area contributed by atoms with Crippen LogP contribution in [0.5, 0.6) is 0 Å². The van der Waals surface area contributed by atoms with E-state index in [1.807, 2.05) is 72.8 Å². The van der Waals surface area contributed by atoms with Crippen molar-refractivity contribution in [2.45, 2.75) is 0 Å². The molecule has 26 heavy (non-hydrogen) atoms. The van der Waals surface area contributed by atoms with Crippen molar-refractivity contribution in [2.24, 2.45) is 0 Å². The van der Waals surface area contributed by atoms with E-state index < -0.39 is 0 Å². The number of halogens is 1. The molecule has 0 amide bonds. The van der Waals surface area contributed by atoms with Crippen molar-refractivity contribution in [3.05, 3.63) is 101 Å². The summed E-state index contributed by atoms with van der Waals surface area (Å²) < 4.78 is 1.56. The van der Waals surface area contributed by atoms with E-state index in [0.29, 0.717) is 16.1 Å². The maximum absolute atomic E-state index is 13.3. The fraction of sp³-hybridized carbons (Fsp3) is 0. The first-order valence-corrected chi connectivity index (χ1v) is 8.60. The van der Waals surface area contributed by atoms with Gasteiger partial charge in [0.1, 0.15) is 6.33 Å². The summed E-state index contributed by atoms with van der Waals surface area (Å²) in [6.07, 6.45) is 3.45. The minimum absolute atomic E-state index is 0.134. The first-order chi connectivity index (χ1) is 12.7. The lowest BCUT2D eigenvalue weighted by atomic mass is 10.0. The summed E-state index contributed by atoms with van der Waals surface area (Å²) in [5, 5.41) is 0.596. The van der Waals surface area contributed by atoms with Crippen LogP contribution in [0, 0.1) is 0 Å². The molecule has 0 aliphatic rings. The minimum atomic E-state index is -0.134. The van der Waals surface area contributed by atoms with Crippen LogP contribution in [0.25, 0.3) is 22.7 Å². The fourth-order valence-electron chi connectivity index (χ4n) is 2.88. The Morgan fingerprint density at radius 2 is 1.62 bits per heavy atom. The molecular weight excluding hydrogens is 344 g/mol. The molecule has 0 bridgehead atoms. The van der Waals surface area contributed by atoms with Crippen LogP contribution >= 0.6 is 11.6 Å². The van der Waals surface area contributed by atoms with Gasteiger partial charge in [-0.1, -0.05) is 72.3 Å². The average Bonchev–Trinajstić information content (AvgIpc) is 3.10. The van der Waals surface area contributed by atoms with Gasteiger partial charge in [0.2, 0.25) is 0 Å². The summed E-state index contributed by atoms with van der Waals surface area (Å²) in [6.45, 7) is 0. The summed E-state index contributed by atoms with van der Waals surface area (Å²) in [7, 11) is 0. The van der Waals surface area contributed by atoms with Crippen molar-refractivity contribution in [1.82, 2.24) is 9.55 Å². The first-order valence-electron chi connectivity index (χ1n) is 8.22. The van der Waals surface area contributed by atoms with Crippen LogP contribution in [0.15, 0.2) is 85.2 Å². The number of rotatable bonds is 3. The first kappa shape index (κ1) is 16.3. The second kappa shape index (κ2) is 6.98. The molecule has 0 spiro atoms. The molecular formula is C22H15ClN2O. The molecule has 1 heterocycles. The number of aromatic nitrogens is 2. The van der Waals surface area contributed by atoms with E-state index in [1.54, 1.807) is 23.0 Å². The lowest BCUT2D eigenvalue weighted by Crippen LogP contribution is -2.11. The monoisotopic (exact) mass is 358 g/mol. The van der Waals surface area contributed by atoms with Crippen LogP contribution in [-0.2, 0) is 0 Å². The third-order valence-electron chi connectivity index (χ3n) is 4.15. The van der Waals surface area contributed by atoms with Crippen LogP contribution in [-0.4, -0.2) is 15.5 Å². The zero-order chi connectivity index (χ0) is 17.9. The predicted octanol–water partition coefficient (Wildman–Crippen LogP) is 5.57. The Hall–Kier alpha value is -3.17. The molecule has 1 aromatic heterocycles. The SMILES string of the molecule is O=C(/C(=C/c1ccccc1)c1ccccc1)n1cnc2cc(Cl)ccc21. The molecule has 3 nitrogen and oxygen atoms in total. The molecule has 4 aromatic rings. The van der Waals surface area contributed by atoms with E-state index in [1.165, 1.54) is 0 Å². The molecule has 0 fully saturated rings. The molecule has 4 rings (SSSR count). The van der Waals surface area contributed by atoms with E-state index in [2.05, 4.69) is 4.98 Å². The van der Waals surface area contributed by atoms with Crippen LogP contribution < -0.4 is 0 Å². The average molecular weight is 359 g/mol. The van der Waals surface area contributed by atoms with Gasteiger partial charge < -0.3 is 0 Å². The van der Waals surface area contributed by atoms with E-state index in [9.17, 15) is 4.79 Å². The third kappa shape index (κ3) is 3.17. The Kier molecular flexibility index (Phi) is 4.38. The minimum Gasteiger partial charge on any atom is -0.268 e. The Balaban J connectivity index is 1.85. The Morgan fingerprint density at radius 1 is 0.923 bits per heavy atom. The van der Waals surface area contributed by atoms with Gasteiger partial charge in [-0.15, -0.1) is 0 Å². The van der Waals surface area contributed by atoms with E-state index in [0.717, 1.165) is 16.6 Å². The zero-order valence-corrected chi connectivity index (χ0v) is 14.6. The predicted molar refractivity (Wildman–Crippen MR) is 106 cm³/mol. The van der Waals surface area contributed by atoms with Crippen molar-refractivity contribution in [3.63, 3.8) is 0 Å². The molecule has 0 saturated carbocycles. The Morgan fingerprint density at radius 3 is 2.35 bits per heavy atom. The molecule has 0 aliphatic heterocycles.